The number of aliphatic hydroxyl groups is 1. The first-order valence-corrected chi connectivity index (χ1v) is 9.86. The van der Waals surface area contributed by atoms with Crippen LogP contribution in [0.4, 0.5) is 0 Å². The fraction of sp³-hybridized carbons (Fsp3) is 0.421. The van der Waals surface area contributed by atoms with Gasteiger partial charge < -0.3 is 21.3 Å². The van der Waals surface area contributed by atoms with Crippen molar-refractivity contribution in [2.75, 3.05) is 5.75 Å². The monoisotopic (exact) mass is 443 g/mol. The number of nitrogens with two attached hydrogens (primary N) is 1. The van der Waals surface area contributed by atoms with E-state index in [1.807, 2.05) is 6.07 Å². The van der Waals surface area contributed by atoms with Gasteiger partial charge >= 0.3 is 5.97 Å². The van der Waals surface area contributed by atoms with Crippen molar-refractivity contribution in [1.82, 2.24) is 10.2 Å². The summed E-state index contributed by atoms with van der Waals surface area (Å²) >= 11 is 1.43. The van der Waals surface area contributed by atoms with Gasteiger partial charge in [0.25, 0.3) is 5.91 Å². The molecule has 2 aliphatic heterocycles. The Labute approximate surface area is 179 Å². The van der Waals surface area contributed by atoms with Gasteiger partial charge in [-0.25, -0.2) is 4.79 Å². The predicted octanol–water partition coefficient (Wildman–Crippen LogP) is 1.25. The maximum atomic E-state index is 12.3. The summed E-state index contributed by atoms with van der Waals surface area (Å²) in [6.07, 6.45) is -0.167. The molecule has 0 unspecified atom stereocenters. The van der Waals surface area contributed by atoms with E-state index in [0.717, 1.165) is 0 Å². The van der Waals surface area contributed by atoms with Gasteiger partial charge in [0.15, 0.2) is 0 Å². The number of carbonyl (C=O) groups excluding carboxylic acids is 2. The molecule has 1 saturated heterocycles. The average Bonchev–Trinajstić information content (AvgIpc) is 2.65. The summed E-state index contributed by atoms with van der Waals surface area (Å²) in [5, 5.41) is 19.6. The van der Waals surface area contributed by atoms with Gasteiger partial charge in [0.05, 0.1) is 0 Å². The third-order valence-electron chi connectivity index (χ3n) is 4.10. The van der Waals surface area contributed by atoms with Crippen LogP contribution in [0.5, 0.6) is 0 Å². The summed E-state index contributed by atoms with van der Waals surface area (Å²) in [6, 6.07) is 7.23. The lowest BCUT2D eigenvalue weighted by molar-refractivity contribution is -0.150. The van der Waals surface area contributed by atoms with E-state index in [1.54, 1.807) is 45.0 Å². The van der Waals surface area contributed by atoms with E-state index in [1.165, 1.54) is 16.7 Å². The van der Waals surface area contributed by atoms with Gasteiger partial charge in [0, 0.05) is 11.9 Å². The van der Waals surface area contributed by atoms with Gasteiger partial charge in [-0.1, -0.05) is 30.3 Å². The number of carboxylic acid groups (broad SMARTS) is 1. The van der Waals surface area contributed by atoms with Crippen molar-refractivity contribution in [2.45, 2.75) is 44.3 Å². The van der Waals surface area contributed by atoms with E-state index < -0.39 is 35.2 Å². The Kier molecular flexibility index (Phi) is 9.15. The van der Waals surface area contributed by atoms with E-state index in [4.69, 9.17) is 10.8 Å². The number of fused-ring (bicyclic) bond motifs is 1. The van der Waals surface area contributed by atoms with Crippen LogP contribution >= 0.6 is 24.2 Å². The Bertz CT molecular complexity index is 785. The molecule has 0 aromatic heterocycles. The van der Waals surface area contributed by atoms with Crippen molar-refractivity contribution in [3.63, 3.8) is 0 Å². The molecule has 5 N–H and O–H groups in total. The molecule has 29 heavy (non-hydrogen) atoms. The van der Waals surface area contributed by atoms with Crippen molar-refractivity contribution in [1.29, 1.82) is 0 Å². The van der Waals surface area contributed by atoms with Crippen LogP contribution in [-0.2, 0) is 14.4 Å². The van der Waals surface area contributed by atoms with Gasteiger partial charge in [-0.05, 0) is 31.9 Å². The molecule has 160 valence electrons. The molecule has 0 saturated carbocycles. The topological polar surface area (TPSA) is 133 Å². The number of carbonyl (C=O) groups is 3. The lowest BCUT2D eigenvalue weighted by Crippen LogP contribution is -2.71. The largest absolute Gasteiger partial charge is 0.477 e. The number of nitrogens with one attached hydrogen (secondary N) is 1. The molecule has 1 aromatic rings. The number of rotatable bonds is 4. The number of β-lactam (4-membered cyclic amide) rings is 1. The van der Waals surface area contributed by atoms with Crippen LogP contribution in [0.25, 0.3) is 0 Å². The predicted molar refractivity (Wildman–Crippen MR) is 113 cm³/mol. The molecular formula is C19H26ClN3O5S. The van der Waals surface area contributed by atoms with Crippen LogP contribution in [-0.4, -0.2) is 56.2 Å². The smallest absolute Gasteiger partial charge is 0.352 e. The van der Waals surface area contributed by atoms with Crippen LogP contribution in [0, 0.1) is 0 Å². The van der Waals surface area contributed by atoms with Crippen molar-refractivity contribution in [3.05, 3.63) is 47.2 Å². The molecule has 8 nitrogen and oxygen atoms in total. The summed E-state index contributed by atoms with van der Waals surface area (Å²) in [6.45, 7) is 5.14. The van der Waals surface area contributed by atoms with E-state index in [0.29, 0.717) is 16.9 Å². The minimum absolute atomic E-state index is 0. The van der Waals surface area contributed by atoms with Crippen LogP contribution < -0.4 is 11.1 Å². The highest BCUT2D eigenvalue weighted by Gasteiger charge is 2.53. The number of aliphatic hydroxyl groups excluding tert-OH is 1. The third kappa shape index (κ3) is 5.72. The molecule has 0 radical (unpaired) electrons. The number of benzene rings is 1. The Morgan fingerprint density at radius 3 is 2.34 bits per heavy atom. The van der Waals surface area contributed by atoms with Crippen molar-refractivity contribution in [3.8, 4) is 0 Å². The van der Waals surface area contributed by atoms with Crippen LogP contribution in [0.2, 0.25) is 0 Å². The fourth-order valence-electron chi connectivity index (χ4n) is 2.83. The SMILES string of the molecule is CC(C)O.CC1=C(C(=O)O)N2C(=O)[C@@H](NC(=O)[C@H](N)c3ccccc3)[C@H]2SC1.Cl. The lowest BCUT2D eigenvalue weighted by Gasteiger charge is -2.49. The zero-order valence-electron chi connectivity index (χ0n) is 16.4. The average molecular weight is 444 g/mol. The van der Waals surface area contributed by atoms with Crippen LogP contribution in [0.15, 0.2) is 41.6 Å². The molecule has 2 amide bonds. The zero-order chi connectivity index (χ0) is 21.0. The highest BCUT2D eigenvalue weighted by atomic mass is 35.5. The van der Waals surface area contributed by atoms with Gasteiger partial charge in [-0.15, -0.1) is 24.2 Å². The molecule has 0 spiro atoms. The highest BCUT2D eigenvalue weighted by molar-refractivity contribution is 8.00. The Morgan fingerprint density at radius 1 is 1.28 bits per heavy atom. The molecular weight excluding hydrogens is 418 g/mol. The number of halogens is 1. The molecule has 2 aliphatic rings. The lowest BCUT2D eigenvalue weighted by atomic mass is 10.0. The summed E-state index contributed by atoms with van der Waals surface area (Å²) in [4.78, 5) is 37.2. The van der Waals surface area contributed by atoms with Gasteiger partial charge in [-0.2, -0.15) is 0 Å². The highest BCUT2D eigenvalue weighted by Crippen LogP contribution is 2.40. The van der Waals surface area contributed by atoms with Crippen LogP contribution in [0.3, 0.4) is 0 Å². The Morgan fingerprint density at radius 2 is 1.83 bits per heavy atom. The number of thioether (sulfide) groups is 1. The second-order valence-corrected chi connectivity index (χ2v) is 7.92. The molecule has 0 bridgehead atoms. The van der Waals surface area contributed by atoms with Crippen molar-refractivity contribution >= 4 is 42.0 Å². The first-order valence-electron chi connectivity index (χ1n) is 8.81. The minimum atomic E-state index is -1.13. The number of amides is 2. The maximum Gasteiger partial charge on any atom is 0.352 e. The van der Waals surface area contributed by atoms with Crippen LogP contribution in [0.1, 0.15) is 32.4 Å². The molecule has 3 atom stereocenters. The van der Waals surface area contributed by atoms with E-state index >= 15 is 0 Å². The molecule has 1 aromatic carbocycles. The van der Waals surface area contributed by atoms with Gasteiger partial charge in [0.2, 0.25) is 5.91 Å². The van der Waals surface area contributed by atoms with E-state index in [9.17, 15) is 19.5 Å². The van der Waals surface area contributed by atoms with Gasteiger partial charge in [0.1, 0.15) is 23.2 Å². The van der Waals surface area contributed by atoms with Crippen molar-refractivity contribution < 1.29 is 24.6 Å². The number of hydrogen-bond donors (Lipinski definition) is 4. The maximum absolute atomic E-state index is 12.3. The summed E-state index contributed by atoms with van der Waals surface area (Å²) in [5.41, 5.74) is 7.24. The standard InChI is InChI=1S/C16H17N3O4S.C3H8O.ClH/c1-8-7-24-15-11(14(21)19(15)12(8)16(22)23)18-13(20)10(17)9-5-3-2-4-6-9;1-3(2)4;/h2-6,10-11,15H,7,17H2,1H3,(H,18,20)(H,22,23);3-4H,1-2H3;1H/t10-,11-,15-;;/m1../s1. The molecule has 1 fully saturated rings. The first kappa shape index (κ1) is 25.0. The molecule has 0 aliphatic carbocycles. The second kappa shape index (κ2) is 10.6. The minimum Gasteiger partial charge on any atom is -0.477 e. The summed E-state index contributed by atoms with van der Waals surface area (Å²) in [5.74, 6) is -1.50. The second-order valence-electron chi connectivity index (χ2n) is 6.81. The van der Waals surface area contributed by atoms with Crippen molar-refractivity contribution in [2.24, 2.45) is 5.73 Å². The number of aliphatic carboxylic acids is 1. The summed E-state index contributed by atoms with van der Waals surface area (Å²) in [7, 11) is 0. The van der Waals surface area contributed by atoms with E-state index in [-0.39, 0.29) is 24.2 Å². The van der Waals surface area contributed by atoms with E-state index in [2.05, 4.69) is 5.32 Å². The quantitative estimate of drug-likeness (QED) is 0.514. The number of carboxylic acids is 1. The molecule has 2 heterocycles. The number of hydrogen-bond acceptors (Lipinski definition) is 6. The first-order chi connectivity index (χ1) is 13.1. The fourth-order valence-corrected chi connectivity index (χ4v) is 4.12. The number of nitrogens with zero attached hydrogens (tertiary/aromatic N) is 1. The Hall–Kier alpha value is -2.07. The summed E-state index contributed by atoms with van der Waals surface area (Å²) < 4.78 is 0. The third-order valence-corrected chi connectivity index (χ3v) is 5.52. The molecule has 3 rings (SSSR count). The molecule has 10 heteroatoms. The zero-order valence-corrected chi connectivity index (χ0v) is 18.0. The van der Waals surface area contributed by atoms with Gasteiger partial charge in [-0.3, -0.25) is 14.5 Å². The normalized spacial score (nSPS) is 21.2. The Balaban J connectivity index is 0.000000771.